The molecule has 0 aliphatic carbocycles. The molecular weight excluding hydrogens is 172 g/mol. The summed E-state index contributed by atoms with van der Waals surface area (Å²) in [6, 6.07) is 0. The molecule has 0 aromatic carbocycles. The van der Waals surface area contributed by atoms with E-state index in [0.717, 1.165) is 6.42 Å². The number of hydrogen-bond donors (Lipinski definition) is 0. The van der Waals surface area contributed by atoms with Crippen molar-refractivity contribution in [3.8, 4) is 0 Å². The average Bonchev–Trinajstić information content (AvgIpc) is 2.39. The van der Waals surface area contributed by atoms with Crippen LogP contribution in [0.25, 0.3) is 0 Å². The third-order valence-electron chi connectivity index (χ3n) is 2.01. The summed E-state index contributed by atoms with van der Waals surface area (Å²) in [6.07, 6.45) is 1.73. The van der Waals surface area contributed by atoms with E-state index in [2.05, 4.69) is 4.74 Å². The summed E-state index contributed by atoms with van der Waals surface area (Å²) in [5.41, 5.74) is 0. The van der Waals surface area contributed by atoms with Gasteiger partial charge >= 0.3 is 11.9 Å². The summed E-state index contributed by atoms with van der Waals surface area (Å²) >= 11 is 0. The standard InChI is InChI=1S/C9H14O4/c1-2-12-5-3-4-7-6-8(10)13-9(7)11/h7H,2-6H2,1H3. The summed E-state index contributed by atoms with van der Waals surface area (Å²) < 4.78 is 9.53. The van der Waals surface area contributed by atoms with E-state index in [4.69, 9.17) is 4.74 Å². The Hall–Kier alpha value is -0.900. The van der Waals surface area contributed by atoms with Crippen molar-refractivity contribution in [2.24, 2.45) is 5.92 Å². The Morgan fingerprint density at radius 2 is 2.31 bits per heavy atom. The zero-order valence-corrected chi connectivity index (χ0v) is 7.75. The third-order valence-corrected chi connectivity index (χ3v) is 2.01. The number of cyclic esters (lactones) is 2. The van der Waals surface area contributed by atoms with Crippen LogP contribution in [0.2, 0.25) is 0 Å². The largest absolute Gasteiger partial charge is 0.393 e. The van der Waals surface area contributed by atoms with Crippen molar-refractivity contribution < 1.29 is 19.1 Å². The molecule has 0 aromatic heterocycles. The molecule has 4 heteroatoms. The van der Waals surface area contributed by atoms with E-state index < -0.39 is 5.97 Å². The molecule has 0 radical (unpaired) electrons. The normalized spacial score (nSPS) is 22.1. The number of rotatable bonds is 5. The van der Waals surface area contributed by atoms with Crippen LogP contribution in [0.4, 0.5) is 0 Å². The van der Waals surface area contributed by atoms with Gasteiger partial charge in [-0.1, -0.05) is 0 Å². The highest BCUT2D eigenvalue weighted by atomic mass is 16.6. The van der Waals surface area contributed by atoms with Gasteiger partial charge in [-0.05, 0) is 19.8 Å². The quantitative estimate of drug-likeness (QED) is 0.363. The number of hydrogen-bond acceptors (Lipinski definition) is 4. The lowest BCUT2D eigenvalue weighted by Gasteiger charge is -2.03. The Kier molecular flexibility index (Phi) is 3.89. The fourth-order valence-corrected chi connectivity index (χ4v) is 1.32. The fraction of sp³-hybridized carbons (Fsp3) is 0.778. The number of carbonyl (C=O) groups excluding carboxylic acids is 2. The van der Waals surface area contributed by atoms with Crippen LogP contribution >= 0.6 is 0 Å². The zero-order chi connectivity index (χ0) is 9.68. The van der Waals surface area contributed by atoms with Gasteiger partial charge in [0.25, 0.3) is 0 Å². The first-order chi connectivity index (χ1) is 6.24. The summed E-state index contributed by atoms with van der Waals surface area (Å²) in [5.74, 6) is -0.999. The highest BCUT2D eigenvalue weighted by Gasteiger charge is 2.32. The van der Waals surface area contributed by atoms with E-state index in [0.29, 0.717) is 19.6 Å². The minimum Gasteiger partial charge on any atom is -0.393 e. The SMILES string of the molecule is CCOCCCC1CC(=O)OC1=O. The molecule has 1 aliphatic heterocycles. The van der Waals surface area contributed by atoms with Gasteiger partial charge in [-0.15, -0.1) is 0 Å². The van der Waals surface area contributed by atoms with Gasteiger partial charge in [0.05, 0.1) is 12.3 Å². The smallest absolute Gasteiger partial charge is 0.317 e. The molecule has 0 spiro atoms. The van der Waals surface area contributed by atoms with Gasteiger partial charge in [-0.2, -0.15) is 0 Å². The Morgan fingerprint density at radius 1 is 1.54 bits per heavy atom. The van der Waals surface area contributed by atoms with Crippen LogP contribution in [0.5, 0.6) is 0 Å². The molecule has 4 nitrogen and oxygen atoms in total. The summed E-state index contributed by atoms with van der Waals surface area (Å²) in [7, 11) is 0. The van der Waals surface area contributed by atoms with Crippen molar-refractivity contribution in [3.05, 3.63) is 0 Å². The van der Waals surface area contributed by atoms with E-state index in [1.165, 1.54) is 0 Å². The van der Waals surface area contributed by atoms with E-state index in [1.807, 2.05) is 6.92 Å². The molecule has 0 aromatic rings. The Labute approximate surface area is 77.2 Å². The second-order valence-electron chi connectivity index (χ2n) is 3.03. The molecule has 74 valence electrons. The van der Waals surface area contributed by atoms with Gasteiger partial charge in [-0.3, -0.25) is 9.59 Å². The van der Waals surface area contributed by atoms with Gasteiger partial charge in [0.1, 0.15) is 0 Å². The van der Waals surface area contributed by atoms with E-state index in [1.54, 1.807) is 0 Å². The van der Waals surface area contributed by atoms with Crippen LogP contribution in [-0.2, 0) is 19.1 Å². The second kappa shape index (κ2) is 4.97. The predicted octanol–water partition coefficient (Wildman–Crippen LogP) is 0.893. The molecule has 1 saturated heterocycles. The van der Waals surface area contributed by atoms with Crippen LogP contribution < -0.4 is 0 Å². The first kappa shape index (κ1) is 10.2. The molecule has 13 heavy (non-hydrogen) atoms. The molecule has 0 saturated carbocycles. The Morgan fingerprint density at radius 3 is 2.85 bits per heavy atom. The van der Waals surface area contributed by atoms with Crippen LogP contribution in [0.1, 0.15) is 26.2 Å². The molecule has 0 amide bonds. The van der Waals surface area contributed by atoms with Crippen molar-refractivity contribution in [1.82, 2.24) is 0 Å². The first-order valence-corrected chi connectivity index (χ1v) is 4.56. The number of ether oxygens (including phenoxy) is 2. The predicted molar refractivity (Wildman–Crippen MR) is 44.9 cm³/mol. The van der Waals surface area contributed by atoms with Crippen molar-refractivity contribution in [2.75, 3.05) is 13.2 Å². The molecule has 1 aliphatic rings. The third kappa shape index (κ3) is 3.14. The molecule has 1 fully saturated rings. The summed E-state index contributed by atoms with van der Waals surface area (Å²) in [6.45, 7) is 3.26. The lowest BCUT2D eigenvalue weighted by atomic mass is 10.0. The first-order valence-electron chi connectivity index (χ1n) is 4.56. The Balaban J connectivity index is 2.14. The molecule has 1 rings (SSSR count). The van der Waals surface area contributed by atoms with E-state index >= 15 is 0 Å². The Bertz CT molecular complexity index is 200. The van der Waals surface area contributed by atoms with Gasteiger partial charge in [0.2, 0.25) is 0 Å². The van der Waals surface area contributed by atoms with E-state index in [-0.39, 0.29) is 18.3 Å². The van der Waals surface area contributed by atoms with Crippen molar-refractivity contribution in [3.63, 3.8) is 0 Å². The average molecular weight is 186 g/mol. The maximum atomic E-state index is 11.0. The number of esters is 2. The maximum absolute atomic E-state index is 11.0. The minimum atomic E-state index is -0.397. The highest BCUT2D eigenvalue weighted by Crippen LogP contribution is 2.20. The minimum absolute atomic E-state index is 0.229. The topological polar surface area (TPSA) is 52.6 Å². The van der Waals surface area contributed by atoms with Crippen LogP contribution in [0.15, 0.2) is 0 Å². The highest BCUT2D eigenvalue weighted by molar-refractivity contribution is 5.94. The molecule has 1 atom stereocenters. The zero-order valence-electron chi connectivity index (χ0n) is 7.75. The lowest BCUT2D eigenvalue weighted by molar-refractivity contribution is -0.153. The molecular formula is C9H14O4. The lowest BCUT2D eigenvalue weighted by Crippen LogP contribution is -2.08. The van der Waals surface area contributed by atoms with E-state index in [9.17, 15) is 9.59 Å². The van der Waals surface area contributed by atoms with Crippen molar-refractivity contribution in [2.45, 2.75) is 26.2 Å². The van der Waals surface area contributed by atoms with Crippen molar-refractivity contribution in [1.29, 1.82) is 0 Å². The van der Waals surface area contributed by atoms with Crippen molar-refractivity contribution >= 4 is 11.9 Å². The fourth-order valence-electron chi connectivity index (χ4n) is 1.32. The second-order valence-corrected chi connectivity index (χ2v) is 3.03. The number of carbonyl (C=O) groups is 2. The van der Waals surface area contributed by atoms with Gasteiger partial charge in [0.15, 0.2) is 0 Å². The monoisotopic (exact) mass is 186 g/mol. The van der Waals surface area contributed by atoms with Crippen LogP contribution in [-0.4, -0.2) is 25.2 Å². The summed E-state index contributed by atoms with van der Waals surface area (Å²) in [5, 5.41) is 0. The molecule has 1 unspecified atom stereocenters. The summed E-state index contributed by atoms with van der Waals surface area (Å²) in [4.78, 5) is 21.6. The van der Waals surface area contributed by atoms with Gasteiger partial charge in [0, 0.05) is 13.2 Å². The molecule has 0 N–H and O–H groups in total. The molecule has 1 heterocycles. The van der Waals surface area contributed by atoms with Gasteiger partial charge < -0.3 is 9.47 Å². The molecule has 0 bridgehead atoms. The van der Waals surface area contributed by atoms with Gasteiger partial charge in [-0.25, -0.2) is 0 Å². The van der Waals surface area contributed by atoms with Crippen LogP contribution in [0, 0.1) is 5.92 Å². The maximum Gasteiger partial charge on any atom is 0.317 e. The van der Waals surface area contributed by atoms with Crippen LogP contribution in [0.3, 0.4) is 0 Å².